The number of nitrogens with zero attached hydrogens (tertiary/aromatic N) is 1. The van der Waals surface area contributed by atoms with Gasteiger partial charge in [-0.05, 0) is 56.2 Å². The van der Waals surface area contributed by atoms with Gasteiger partial charge in [0.25, 0.3) is 5.91 Å². The highest BCUT2D eigenvalue weighted by atomic mass is 16.5. The van der Waals surface area contributed by atoms with Crippen LogP contribution in [-0.2, 0) is 0 Å². The van der Waals surface area contributed by atoms with E-state index in [1.54, 1.807) is 25.3 Å². The van der Waals surface area contributed by atoms with Crippen LogP contribution in [-0.4, -0.2) is 27.6 Å². The van der Waals surface area contributed by atoms with E-state index in [4.69, 9.17) is 4.74 Å². The number of hydrogen-bond acceptors (Lipinski definition) is 3. The second kappa shape index (κ2) is 7.65. The standard InChI is InChI=1S/C24H26N4O3/c1-14-22(23(29)25-15-8-10-19-20(12-15)27-24(30)26-19)18-13-17(31-2)9-11-21(18)28(14)16-6-4-3-5-7-16/h8-13,16H,3-7H2,1-2H3,(H,25,29)(H2,26,27,30). The predicted molar refractivity (Wildman–Crippen MR) is 122 cm³/mol. The molecule has 1 fully saturated rings. The molecule has 3 N–H and O–H groups in total. The summed E-state index contributed by atoms with van der Waals surface area (Å²) in [5.74, 6) is 0.566. The quantitative estimate of drug-likeness (QED) is 0.441. The van der Waals surface area contributed by atoms with Crippen molar-refractivity contribution in [1.29, 1.82) is 0 Å². The Kier molecular flexibility index (Phi) is 4.81. The van der Waals surface area contributed by atoms with Crippen molar-refractivity contribution >= 4 is 33.5 Å². The lowest BCUT2D eigenvalue weighted by atomic mass is 9.95. The number of carbonyl (C=O) groups excluding carboxylic acids is 1. The average molecular weight is 418 g/mol. The van der Waals surface area contributed by atoms with Crippen molar-refractivity contribution in [3.05, 3.63) is 58.1 Å². The van der Waals surface area contributed by atoms with Crippen molar-refractivity contribution in [1.82, 2.24) is 14.5 Å². The van der Waals surface area contributed by atoms with Gasteiger partial charge in [0, 0.05) is 28.3 Å². The molecule has 2 heterocycles. The number of aromatic amines is 2. The van der Waals surface area contributed by atoms with Gasteiger partial charge >= 0.3 is 5.69 Å². The van der Waals surface area contributed by atoms with E-state index in [2.05, 4.69) is 25.9 Å². The first kappa shape index (κ1) is 19.5. The van der Waals surface area contributed by atoms with Crippen LogP contribution in [0.2, 0.25) is 0 Å². The molecule has 7 heteroatoms. The first-order valence-corrected chi connectivity index (χ1v) is 10.8. The van der Waals surface area contributed by atoms with E-state index in [0.29, 0.717) is 28.3 Å². The van der Waals surface area contributed by atoms with E-state index in [0.717, 1.165) is 35.2 Å². The Morgan fingerprint density at radius 2 is 1.84 bits per heavy atom. The topological polar surface area (TPSA) is 91.9 Å². The molecule has 1 aliphatic carbocycles. The molecule has 0 unspecified atom stereocenters. The number of H-pyrrole nitrogens is 2. The van der Waals surface area contributed by atoms with Crippen LogP contribution in [0.1, 0.15) is 54.2 Å². The molecule has 1 aliphatic rings. The van der Waals surface area contributed by atoms with E-state index in [9.17, 15) is 9.59 Å². The van der Waals surface area contributed by atoms with Gasteiger partial charge in [0.15, 0.2) is 0 Å². The van der Waals surface area contributed by atoms with Gasteiger partial charge in [-0.3, -0.25) is 4.79 Å². The molecule has 2 aromatic heterocycles. The van der Waals surface area contributed by atoms with Gasteiger partial charge in [0.2, 0.25) is 0 Å². The zero-order valence-corrected chi connectivity index (χ0v) is 17.7. The highest BCUT2D eigenvalue weighted by Gasteiger charge is 2.25. The lowest BCUT2D eigenvalue weighted by Gasteiger charge is -2.26. The Hall–Kier alpha value is -3.48. The Balaban J connectivity index is 1.58. The molecule has 1 saturated carbocycles. The molecule has 0 radical (unpaired) electrons. The van der Waals surface area contributed by atoms with Gasteiger partial charge in [-0.2, -0.15) is 0 Å². The normalized spacial score (nSPS) is 14.9. The molecule has 4 aromatic rings. The van der Waals surface area contributed by atoms with Crippen LogP contribution in [0.15, 0.2) is 41.2 Å². The van der Waals surface area contributed by atoms with Crippen LogP contribution in [0.5, 0.6) is 5.75 Å². The smallest absolute Gasteiger partial charge is 0.323 e. The maximum atomic E-state index is 13.4. The van der Waals surface area contributed by atoms with Gasteiger partial charge < -0.3 is 24.6 Å². The molecule has 7 nitrogen and oxygen atoms in total. The van der Waals surface area contributed by atoms with E-state index >= 15 is 0 Å². The highest BCUT2D eigenvalue weighted by Crippen LogP contribution is 2.37. The van der Waals surface area contributed by atoms with Crippen molar-refractivity contribution < 1.29 is 9.53 Å². The number of carbonyl (C=O) groups is 1. The number of amides is 1. The molecular weight excluding hydrogens is 392 g/mol. The molecule has 31 heavy (non-hydrogen) atoms. The number of anilines is 1. The summed E-state index contributed by atoms with van der Waals surface area (Å²) < 4.78 is 7.79. The largest absolute Gasteiger partial charge is 0.497 e. The van der Waals surface area contributed by atoms with Crippen molar-refractivity contribution in [3.8, 4) is 5.75 Å². The fourth-order valence-electron chi connectivity index (χ4n) is 4.95. The molecule has 160 valence electrons. The van der Waals surface area contributed by atoms with Crippen molar-refractivity contribution in [3.63, 3.8) is 0 Å². The van der Waals surface area contributed by atoms with E-state index in [1.807, 2.05) is 19.1 Å². The van der Waals surface area contributed by atoms with Crippen LogP contribution < -0.4 is 15.7 Å². The third-order valence-corrected chi connectivity index (χ3v) is 6.40. The molecular formula is C24H26N4O3. The molecule has 0 atom stereocenters. The first-order valence-electron chi connectivity index (χ1n) is 10.8. The number of benzene rings is 2. The maximum Gasteiger partial charge on any atom is 0.323 e. The fraction of sp³-hybridized carbons (Fsp3) is 0.333. The highest BCUT2D eigenvalue weighted by molar-refractivity contribution is 6.14. The van der Waals surface area contributed by atoms with Crippen LogP contribution in [0.3, 0.4) is 0 Å². The number of methoxy groups -OCH3 is 1. The van der Waals surface area contributed by atoms with Crippen molar-refractivity contribution in [2.45, 2.75) is 45.1 Å². The number of hydrogen-bond donors (Lipinski definition) is 3. The minimum absolute atomic E-state index is 0.164. The Bertz CT molecular complexity index is 1340. The number of imidazole rings is 1. The second-order valence-electron chi connectivity index (χ2n) is 8.30. The van der Waals surface area contributed by atoms with E-state index in [-0.39, 0.29) is 11.6 Å². The zero-order valence-electron chi connectivity index (χ0n) is 17.7. The summed E-state index contributed by atoms with van der Waals surface area (Å²) in [4.78, 5) is 30.4. The van der Waals surface area contributed by atoms with Gasteiger partial charge in [-0.1, -0.05) is 19.3 Å². The molecule has 5 rings (SSSR count). The van der Waals surface area contributed by atoms with Crippen LogP contribution >= 0.6 is 0 Å². The minimum Gasteiger partial charge on any atom is -0.497 e. The third-order valence-electron chi connectivity index (χ3n) is 6.40. The molecule has 0 spiro atoms. The van der Waals surface area contributed by atoms with Crippen molar-refractivity contribution in [2.24, 2.45) is 0 Å². The van der Waals surface area contributed by atoms with E-state index < -0.39 is 0 Å². The average Bonchev–Trinajstić information content (AvgIpc) is 3.28. The maximum absolute atomic E-state index is 13.4. The van der Waals surface area contributed by atoms with Crippen LogP contribution in [0, 0.1) is 6.92 Å². The minimum atomic E-state index is -0.267. The number of ether oxygens (including phenoxy) is 1. The van der Waals surface area contributed by atoms with Crippen molar-refractivity contribution in [2.75, 3.05) is 12.4 Å². The Morgan fingerprint density at radius 3 is 2.61 bits per heavy atom. The Morgan fingerprint density at radius 1 is 1.06 bits per heavy atom. The SMILES string of the molecule is COc1ccc2c(c1)c(C(=O)Nc1ccc3[nH]c(=O)[nH]c3c1)c(C)n2C1CCCCC1. The number of aromatic nitrogens is 3. The number of fused-ring (bicyclic) bond motifs is 2. The Labute approximate surface area is 179 Å². The third kappa shape index (κ3) is 3.40. The summed E-state index contributed by atoms with van der Waals surface area (Å²) in [6.07, 6.45) is 5.98. The van der Waals surface area contributed by atoms with Crippen LogP contribution in [0.4, 0.5) is 5.69 Å². The summed E-state index contributed by atoms with van der Waals surface area (Å²) in [6, 6.07) is 11.7. The van der Waals surface area contributed by atoms with Gasteiger partial charge in [-0.15, -0.1) is 0 Å². The lowest BCUT2D eigenvalue weighted by molar-refractivity contribution is 0.102. The molecule has 0 bridgehead atoms. The molecule has 0 saturated heterocycles. The van der Waals surface area contributed by atoms with Gasteiger partial charge in [0.05, 0.1) is 23.7 Å². The summed E-state index contributed by atoms with van der Waals surface area (Å²) in [6.45, 7) is 2.03. The number of rotatable bonds is 4. The lowest BCUT2D eigenvalue weighted by Crippen LogP contribution is -2.16. The second-order valence-corrected chi connectivity index (χ2v) is 8.30. The predicted octanol–water partition coefficient (Wildman–Crippen LogP) is 4.89. The zero-order chi connectivity index (χ0) is 21.5. The molecule has 2 aromatic carbocycles. The first-order chi connectivity index (χ1) is 15.0. The molecule has 1 amide bonds. The number of nitrogens with one attached hydrogen (secondary N) is 3. The summed E-state index contributed by atoms with van der Waals surface area (Å²) in [5.41, 5.74) is 4.45. The van der Waals surface area contributed by atoms with Crippen LogP contribution in [0.25, 0.3) is 21.9 Å². The summed E-state index contributed by atoms with van der Waals surface area (Å²) in [5, 5.41) is 3.92. The van der Waals surface area contributed by atoms with Gasteiger partial charge in [-0.25, -0.2) is 4.79 Å². The molecule has 0 aliphatic heterocycles. The summed E-state index contributed by atoms with van der Waals surface area (Å²) >= 11 is 0. The summed E-state index contributed by atoms with van der Waals surface area (Å²) in [7, 11) is 1.64. The van der Waals surface area contributed by atoms with E-state index in [1.165, 1.54) is 19.3 Å². The fourth-order valence-corrected chi connectivity index (χ4v) is 4.95. The monoisotopic (exact) mass is 418 g/mol. The van der Waals surface area contributed by atoms with Gasteiger partial charge in [0.1, 0.15) is 5.75 Å².